The zero-order valence-electron chi connectivity index (χ0n) is 17.0. The summed E-state index contributed by atoms with van der Waals surface area (Å²) in [6, 6.07) is 8.56. The monoisotopic (exact) mass is 448 g/mol. The number of hydrogen-bond donors (Lipinski definition) is 6. The third kappa shape index (κ3) is 5.48. The van der Waals surface area contributed by atoms with Gasteiger partial charge in [-0.05, 0) is 23.8 Å². The van der Waals surface area contributed by atoms with E-state index >= 15 is 0 Å². The molecule has 5 atom stereocenters. The summed E-state index contributed by atoms with van der Waals surface area (Å²) in [5.74, 6) is -1.43. The van der Waals surface area contributed by atoms with Gasteiger partial charge in [0.15, 0.2) is 11.5 Å². The normalized spacial score (nSPS) is 25.6. The molecule has 1 saturated heterocycles. The molecule has 0 aliphatic carbocycles. The second-order valence-corrected chi connectivity index (χ2v) is 7.24. The highest BCUT2D eigenvalue weighted by molar-refractivity contribution is 5.75. The van der Waals surface area contributed by atoms with Crippen LogP contribution in [0.2, 0.25) is 0 Å². The van der Waals surface area contributed by atoms with Crippen LogP contribution in [0.3, 0.4) is 0 Å². The summed E-state index contributed by atoms with van der Waals surface area (Å²) in [5.41, 5.74) is 0.911. The smallest absolute Gasteiger partial charge is 0.302 e. The molecule has 0 bridgehead atoms. The molecule has 2 aromatic carbocycles. The minimum atomic E-state index is -1.69. The number of benzene rings is 2. The Hall–Kier alpha value is -3.31. The van der Waals surface area contributed by atoms with Gasteiger partial charge in [-0.2, -0.15) is 0 Å². The van der Waals surface area contributed by atoms with Gasteiger partial charge in [0.2, 0.25) is 6.29 Å². The summed E-state index contributed by atoms with van der Waals surface area (Å²) < 4.78 is 15.9. The van der Waals surface area contributed by atoms with E-state index in [-0.39, 0.29) is 22.8 Å². The van der Waals surface area contributed by atoms with Crippen LogP contribution in [-0.4, -0.2) is 73.9 Å². The van der Waals surface area contributed by atoms with E-state index in [9.17, 15) is 35.4 Å². The van der Waals surface area contributed by atoms with Gasteiger partial charge in [0.25, 0.3) is 0 Å². The Morgan fingerprint density at radius 1 is 0.969 bits per heavy atom. The third-order valence-electron chi connectivity index (χ3n) is 4.78. The summed E-state index contributed by atoms with van der Waals surface area (Å²) in [6.07, 6.45) is -4.52. The van der Waals surface area contributed by atoms with Gasteiger partial charge in [0, 0.05) is 18.6 Å². The van der Waals surface area contributed by atoms with E-state index in [1.807, 2.05) is 0 Å². The Bertz CT molecular complexity index is 971. The zero-order chi connectivity index (χ0) is 23.4. The molecule has 0 saturated carbocycles. The predicted octanol–water partition coefficient (Wildman–Crippen LogP) is 0.723. The lowest BCUT2D eigenvalue weighted by molar-refractivity contribution is -0.278. The molecule has 0 aromatic heterocycles. The quantitative estimate of drug-likeness (QED) is 0.274. The van der Waals surface area contributed by atoms with Gasteiger partial charge in [0.05, 0.1) is 0 Å². The number of esters is 1. The summed E-state index contributed by atoms with van der Waals surface area (Å²) >= 11 is 0. The van der Waals surface area contributed by atoms with Gasteiger partial charge in [-0.1, -0.05) is 24.3 Å². The van der Waals surface area contributed by atoms with Gasteiger partial charge < -0.3 is 44.8 Å². The molecule has 1 fully saturated rings. The lowest BCUT2D eigenvalue weighted by Gasteiger charge is -2.40. The molecule has 6 N–H and O–H groups in total. The molecule has 172 valence electrons. The molecule has 0 radical (unpaired) electrons. The van der Waals surface area contributed by atoms with E-state index in [1.165, 1.54) is 24.3 Å². The summed E-state index contributed by atoms with van der Waals surface area (Å²) in [6.45, 7) is 0.769. The fourth-order valence-corrected chi connectivity index (χ4v) is 3.11. The number of hydrogen-bond acceptors (Lipinski definition) is 10. The van der Waals surface area contributed by atoms with E-state index in [1.54, 1.807) is 18.2 Å². The Labute approximate surface area is 183 Å². The summed E-state index contributed by atoms with van der Waals surface area (Å²) in [4.78, 5) is 11.1. The van der Waals surface area contributed by atoms with E-state index in [4.69, 9.17) is 14.2 Å². The molecular formula is C22H24O10. The minimum Gasteiger partial charge on any atom is -0.508 e. The molecular weight excluding hydrogens is 424 g/mol. The molecule has 0 amide bonds. The first-order chi connectivity index (χ1) is 15.2. The number of aliphatic hydroxyl groups excluding tert-OH is 3. The SMILES string of the molecule is CC(=O)OC[C@H]1O[C@@H](Oc2c(O)cc(O)cc2/C=C\c2ccc(O)cc2)[C@H](O)[C@@H](O)[C@@H]1O. The molecule has 10 nitrogen and oxygen atoms in total. The molecule has 2 aromatic rings. The number of carbonyl (C=O) groups excluding carboxylic acids is 1. The van der Waals surface area contributed by atoms with Gasteiger partial charge in [0.1, 0.15) is 42.5 Å². The van der Waals surface area contributed by atoms with Gasteiger partial charge in [-0.15, -0.1) is 0 Å². The second kappa shape index (κ2) is 9.88. The van der Waals surface area contributed by atoms with Crippen molar-refractivity contribution in [2.24, 2.45) is 0 Å². The van der Waals surface area contributed by atoms with Gasteiger partial charge in [-0.25, -0.2) is 0 Å². The van der Waals surface area contributed by atoms with E-state index in [2.05, 4.69) is 0 Å². The Morgan fingerprint density at radius 3 is 2.31 bits per heavy atom. The molecule has 32 heavy (non-hydrogen) atoms. The predicted molar refractivity (Wildman–Crippen MR) is 111 cm³/mol. The standard InChI is InChI=1S/C22H24O10/c1-11(23)30-10-17-18(27)19(28)20(29)22(31-17)32-21-13(8-15(25)9-16(21)26)5-2-12-3-6-14(24)7-4-12/h2-9,17-20,22,24-29H,10H2,1H3/b5-2-/t17-,18-,19+,20-,22+/m1/s1. The van der Waals surface area contributed by atoms with Gasteiger partial charge >= 0.3 is 5.97 Å². The van der Waals surface area contributed by atoms with E-state index in [0.29, 0.717) is 5.56 Å². The van der Waals surface area contributed by atoms with Crippen LogP contribution in [0.4, 0.5) is 0 Å². The first-order valence-corrected chi connectivity index (χ1v) is 9.68. The lowest BCUT2D eigenvalue weighted by Crippen LogP contribution is -2.60. The van der Waals surface area contributed by atoms with Crippen LogP contribution in [0.15, 0.2) is 36.4 Å². The Kier molecular flexibility index (Phi) is 7.21. The number of ether oxygens (including phenoxy) is 3. The van der Waals surface area contributed by atoms with Crippen LogP contribution in [0, 0.1) is 0 Å². The van der Waals surface area contributed by atoms with Crippen molar-refractivity contribution in [1.29, 1.82) is 0 Å². The van der Waals surface area contributed by atoms with Crippen molar-refractivity contribution in [3.63, 3.8) is 0 Å². The fourth-order valence-electron chi connectivity index (χ4n) is 3.11. The largest absolute Gasteiger partial charge is 0.508 e. The lowest BCUT2D eigenvalue weighted by atomic mass is 9.99. The average Bonchev–Trinajstić information content (AvgIpc) is 2.74. The molecule has 0 spiro atoms. The third-order valence-corrected chi connectivity index (χ3v) is 4.78. The summed E-state index contributed by atoms with van der Waals surface area (Å²) in [5, 5.41) is 60.1. The first kappa shape index (κ1) is 23.4. The van der Waals surface area contributed by atoms with Crippen LogP contribution in [0.5, 0.6) is 23.0 Å². The average molecular weight is 448 g/mol. The molecule has 0 unspecified atom stereocenters. The van der Waals surface area contributed by atoms with Crippen molar-refractivity contribution in [2.75, 3.05) is 6.61 Å². The van der Waals surface area contributed by atoms with E-state index < -0.39 is 49.0 Å². The van der Waals surface area contributed by atoms with Crippen molar-refractivity contribution in [3.05, 3.63) is 47.5 Å². The van der Waals surface area contributed by atoms with Crippen molar-refractivity contribution in [1.82, 2.24) is 0 Å². The van der Waals surface area contributed by atoms with Crippen molar-refractivity contribution < 1.29 is 49.6 Å². The van der Waals surface area contributed by atoms with Crippen LogP contribution in [0.25, 0.3) is 12.2 Å². The number of carbonyl (C=O) groups is 1. The number of aromatic hydroxyl groups is 3. The molecule has 1 aliphatic heterocycles. The number of phenols is 3. The van der Waals surface area contributed by atoms with Crippen LogP contribution in [-0.2, 0) is 14.3 Å². The first-order valence-electron chi connectivity index (χ1n) is 9.68. The maximum Gasteiger partial charge on any atom is 0.302 e. The maximum atomic E-state index is 11.1. The van der Waals surface area contributed by atoms with Crippen LogP contribution < -0.4 is 4.74 Å². The van der Waals surface area contributed by atoms with E-state index in [0.717, 1.165) is 13.0 Å². The second-order valence-electron chi connectivity index (χ2n) is 7.24. The molecule has 1 aliphatic rings. The topological polar surface area (TPSA) is 166 Å². The zero-order valence-corrected chi connectivity index (χ0v) is 17.0. The van der Waals surface area contributed by atoms with Crippen molar-refractivity contribution >= 4 is 18.1 Å². The Balaban J connectivity index is 1.86. The fraction of sp³-hybridized carbons (Fsp3) is 0.318. The van der Waals surface area contributed by atoms with Crippen LogP contribution in [0.1, 0.15) is 18.1 Å². The van der Waals surface area contributed by atoms with Crippen molar-refractivity contribution in [2.45, 2.75) is 37.6 Å². The highest BCUT2D eigenvalue weighted by atomic mass is 16.7. The number of phenolic OH excluding ortho intramolecular Hbond substituents is 3. The number of rotatable bonds is 6. The summed E-state index contributed by atoms with van der Waals surface area (Å²) in [7, 11) is 0. The number of aliphatic hydroxyl groups is 3. The van der Waals surface area contributed by atoms with Crippen LogP contribution >= 0.6 is 0 Å². The molecule has 1 heterocycles. The van der Waals surface area contributed by atoms with Gasteiger partial charge in [-0.3, -0.25) is 4.79 Å². The molecule has 10 heteroatoms. The highest BCUT2D eigenvalue weighted by Gasteiger charge is 2.45. The van der Waals surface area contributed by atoms with Crippen molar-refractivity contribution in [3.8, 4) is 23.0 Å². The maximum absolute atomic E-state index is 11.1. The Morgan fingerprint density at radius 2 is 1.66 bits per heavy atom. The molecule has 3 rings (SSSR count). The minimum absolute atomic E-state index is 0.0914. The highest BCUT2D eigenvalue weighted by Crippen LogP contribution is 2.38.